The summed E-state index contributed by atoms with van der Waals surface area (Å²) in [5, 5.41) is 2.74. The van der Waals surface area contributed by atoms with Gasteiger partial charge in [0, 0.05) is 5.69 Å². The summed E-state index contributed by atoms with van der Waals surface area (Å²) in [5.41, 5.74) is 7.27. The zero-order chi connectivity index (χ0) is 21.3. The molecule has 1 aliphatic carbocycles. The Morgan fingerprint density at radius 2 is 1.77 bits per heavy atom. The minimum atomic E-state index is -0.398. The van der Waals surface area contributed by atoms with Gasteiger partial charge in [-0.25, -0.2) is 4.79 Å². The molecule has 7 nitrogen and oxygen atoms in total. The van der Waals surface area contributed by atoms with Crippen LogP contribution in [0.1, 0.15) is 49.4 Å². The van der Waals surface area contributed by atoms with Crippen LogP contribution in [0.25, 0.3) is 0 Å². The smallest absolute Gasteiger partial charge is 0.338 e. The van der Waals surface area contributed by atoms with E-state index in [4.69, 9.17) is 19.9 Å². The van der Waals surface area contributed by atoms with Gasteiger partial charge < -0.3 is 25.3 Å². The highest BCUT2D eigenvalue weighted by Gasteiger charge is 2.19. The third-order valence-electron chi connectivity index (χ3n) is 4.88. The first-order chi connectivity index (χ1) is 14.5. The Bertz CT molecular complexity index is 860. The first kappa shape index (κ1) is 21.5. The normalized spacial score (nSPS) is 14.0. The standard InChI is InChI=1S/C23H28N2O5/c1-2-28-18-11-9-17(10-12-18)25-22(26)15-29-21-14-16(8-13-20(21)24)23(27)30-19-6-4-3-5-7-19/h8-14,19H,2-7,15,24H2,1H3,(H,25,26). The van der Waals surface area contributed by atoms with Crippen molar-refractivity contribution >= 4 is 23.3 Å². The van der Waals surface area contributed by atoms with Gasteiger partial charge in [-0.3, -0.25) is 4.79 Å². The lowest BCUT2D eigenvalue weighted by Crippen LogP contribution is -2.22. The lowest BCUT2D eigenvalue weighted by Gasteiger charge is -2.22. The van der Waals surface area contributed by atoms with Crippen molar-refractivity contribution in [2.24, 2.45) is 0 Å². The van der Waals surface area contributed by atoms with Crippen LogP contribution in [0.15, 0.2) is 42.5 Å². The van der Waals surface area contributed by atoms with E-state index in [2.05, 4.69) is 5.32 Å². The van der Waals surface area contributed by atoms with Crippen molar-refractivity contribution in [1.29, 1.82) is 0 Å². The number of hydrogen-bond acceptors (Lipinski definition) is 6. The van der Waals surface area contributed by atoms with Gasteiger partial charge in [0.2, 0.25) is 0 Å². The largest absolute Gasteiger partial charge is 0.494 e. The first-order valence-corrected chi connectivity index (χ1v) is 10.3. The number of ether oxygens (including phenoxy) is 3. The van der Waals surface area contributed by atoms with Crippen LogP contribution >= 0.6 is 0 Å². The number of amides is 1. The number of esters is 1. The van der Waals surface area contributed by atoms with Crippen molar-refractivity contribution in [3.63, 3.8) is 0 Å². The van der Waals surface area contributed by atoms with E-state index in [1.807, 2.05) is 6.92 Å². The number of benzene rings is 2. The van der Waals surface area contributed by atoms with Gasteiger partial charge in [0.15, 0.2) is 6.61 Å². The highest BCUT2D eigenvalue weighted by molar-refractivity contribution is 5.92. The van der Waals surface area contributed by atoms with Crippen molar-refractivity contribution in [1.82, 2.24) is 0 Å². The van der Waals surface area contributed by atoms with Crippen molar-refractivity contribution in [2.45, 2.75) is 45.1 Å². The van der Waals surface area contributed by atoms with Crippen LogP contribution in [0, 0.1) is 0 Å². The SMILES string of the molecule is CCOc1ccc(NC(=O)COc2cc(C(=O)OC3CCCCC3)ccc2N)cc1. The molecule has 1 aliphatic rings. The van der Waals surface area contributed by atoms with Gasteiger partial charge in [0.05, 0.1) is 17.9 Å². The van der Waals surface area contributed by atoms with Gasteiger partial charge in [0.25, 0.3) is 5.91 Å². The molecular formula is C23H28N2O5. The summed E-state index contributed by atoms with van der Waals surface area (Å²) in [4.78, 5) is 24.6. The van der Waals surface area contributed by atoms with E-state index in [-0.39, 0.29) is 24.4 Å². The second kappa shape index (κ2) is 10.5. The van der Waals surface area contributed by atoms with Gasteiger partial charge in [0.1, 0.15) is 17.6 Å². The minimum Gasteiger partial charge on any atom is -0.494 e. The molecule has 1 fully saturated rings. The number of nitrogen functional groups attached to an aromatic ring is 1. The fourth-order valence-corrected chi connectivity index (χ4v) is 3.33. The lowest BCUT2D eigenvalue weighted by molar-refractivity contribution is -0.118. The summed E-state index contributed by atoms with van der Waals surface area (Å²) in [7, 11) is 0. The van der Waals surface area contributed by atoms with E-state index >= 15 is 0 Å². The Morgan fingerprint density at radius 1 is 1.03 bits per heavy atom. The molecule has 0 radical (unpaired) electrons. The molecule has 0 spiro atoms. The van der Waals surface area contributed by atoms with E-state index in [9.17, 15) is 9.59 Å². The highest BCUT2D eigenvalue weighted by Crippen LogP contribution is 2.26. The van der Waals surface area contributed by atoms with E-state index in [1.165, 1.54) is 12.5 Å². The van der Waals surface area contributed by atoms with Crippen LogP contribution in [-0.2, 0) is 9.53 Å². The number of anilines is 2. The van der Waals surface area contributed by atoms with Crippen molar-refractivity contribution in [3.05, 3.63) is 48.0 Å². The van der Waals surface area contributed by atoms with E-state index < -0.39 is 5.97 Å². The molecule has 0 bridgehead atoms. The van der Waals surface area contributed by atoms with E-state index in [1.54, 1.807) is 36.4 Å². The summed E-state index contributed by atoms with van der Waals surface area (Å²) in [6.07, 6.45) is 5.11. The van der Waals surface area contributed by atoms with Gasteiger partial charge in [-0.05, 0) is 75.1 Å². The minimum absolute atomic E-state index is 0.0342. The molecule has 30 heavy (non-hydrogen) atoms. The molecule has 1 amide bonds. The molecule has 0 heterocycles. The molecule has 2 aromatic carbocycles. The number of rotatable bonds is 8. The maximum Gasteiger partial charge on any atom is 0.338 e. The van der Waals surface area contributed by atoms with Gasteiger partial charge >= 0.3 is 5.97 Å². The van der Waals surface area contributed by atoms with E-state index in [0.29, 0.717) is 23.5 Å². The number of carbonyl (C=O) groups is 2. The van der Waals surface area contributed by atoms with Crippen LogP contribution in [0.2, 0.25) is 0 Å². The van der Waals surface area contributed by atoms with Crippen molar-refractivity contribution < 1.29 is 23.8 Å². The first-order valence-electron chi connectivity index (χ1n) is 10.3. The third-order valence-corrected chi connectivity index (χ3v) is 4.88. The van der Waals surface area contributed by atoms with Crippen molar-refractivity contribution in [3.8, 4) is 11.5 Å². The molecule has 160 valence electrons. The second-order valence-corrected chi connectivity index (χ2v) is 7.21. The van der Waals surface area contributed by atoms with Crippen molar-refractivity contribution in [2.75, 3.05) is 24.3 Å². The van der Waals surface area contributed by atoms with Crippen LogP contribution in [0.3, 0.4) is 0 Å². The fraction of sp³-hybridized carbons (Fsp3) is 0.391. The van der Waals surface area contributed by atoms with Gasteiger partial charge in [-0.2, -0.15) is 0 Å². The maximum absolute atomic E-state index is 12.4. The van der Waals surface area contributed by atoms with Gasteiger partial charge in [-0.1, -0.05) is 6.42 Å². The second-order valence-electron chi connectivity index (χ2n) is 7.21. The highest BCUT2D eigenvalue weighted by atomic mass is 16.5. The molecule has 0 unspecified atom stereocenters. The summed E-state index contributed by atoms with van der Waals surface area (Å²) in [5.74, 6) is 0.269. The van der Waals surface area contributed by atoms with Crippen LogP contribution in [0.5, 0.6) is 11.5 Å². The number of hydrogen-bond donors (Lipinski definition) is 2. The maximum atomic E-state index is 12.4. The predicted octanol–water partition coefficient (Wildman–Crippen LogP) is 4.17. The number of nitrogens with two attached hydrogens (primary N) is 1. The summed E-state index contributed by atoms with van der Waals surface area (Å²) in [6.45, 7) is 2.25. The Hall–Kier alpha value is -3.22. The molecular weight excluding hydrogens is 384 g/mol. The predicted molar refractivity (Wildman–Crippen MR) is 115 cm³/mol. The van der Waals surface area contributed by atoms with Crippen LogP contribution in [-0.4, -0.2) is 31.2 Å². The Balaban J connectivity index is 1.54. The molecule has 0 atom stereocenters. The zero-order valence-electron chi connectivity index (χ0n) is 17.2. The van der Waals surface area contributed by atoms with Gasteiger partial charge in [-0.15, -0.1) is 0 Å². The average molecular weight is 412 g/mol. The summed E-state index contributed by atoms with van der Waals surface area (Å²) in [6, 6.07) is 11.8. The molecule has 1 saturated carbocycles. The Kier molecular flexibility index (Phi) is 7.54. The fourth-order valence-electron chi connectivity index (χ4n) is 3.33. The topological polar surface area (TPSA) is 99.9 Å². The lowest BCUT2D eigenvalue weighted by atomic mass is 9.98. The number of carbonyl (C=O) groups excluding carboxylic acids is 2. The Labute approximate surface area is 176 Å². The summed E-state index contributed by atoms with van der Waals surface area (Å²) >= 11 is 0. The third kappa shape index (κ3) is 6.14. The zero-order valence-corrected chi connectivity index (χ0v) is 17.2. The molecule has 7 heteroatoms. The number of nitrogens with one attached hydrogen (secondary N) is 1. The summed E-state index contributed by atoms with van der Waals surface area (Å²) < 4.78 is 16.5. The molecule has 2 aromatic rings. The molecule has 0 aromatic heterocycles. The molecule has 3 N–H and O–H groups in total. The van der Waals surface area contributed by atoms with E-state index in [0.717, 1.165) is 31.4 Å². The molecule has 0 saturated heterocycles. The molecule has 3 rings (SSSR count). The quantitative estimate of drug-likeness (QED) is 0.498. The Morgan fingerprint density at radius 3 is 2.47 bits per heavy atom. The van der Waals surface area contributed by atoms with Crippen LogP contribution in [0.4, 0.5) is 11.4 Å². The molecule has 0 aliphatic heterocycles. The monoisotopic (exact) mass is 412 g/mol. The van der Waals surface area contributed by atoms with Crippen LogP contribution < -0.4 is 20.5 Å². The average Bonchev–Trinajstić information content (AvgIpc) is 2.75.